The van der Waals surface area contributed by atoms with Gasteiger partial charge in [0, 0.05) is 10.0 Å². The number of halogens is 2. The summed E-state index contributed by atoms with van der Waals surface area (Å²) in [4.78, 5) is 14.0. The first-order valence-electron chi connectivity index (χ1n) is 8.52. The maximum atomic E-state index is 12.7. The molecule has 4 nitrogen and oxygen atoms in total. The minimum absolute atomic E-state index is 0.140. The van der Waals surface area contributed by atoms with Gasteiger partial charge in [-0.3, -0.25) is 4.79 Å². The van der Waals surface area contributed by atoms with Crippen molar-refractivity contribution in [3.63, 3.8) is 0 Å². The van der Waals surface area contributed by atoms with Crippen molar-refractivity contribution >= 4 is 35.1 Å². The van der Waals surface area contributed by atoms with E-state index in [1.54, 1.807) is 36.4 Å². The monoisotopic (exact) mass is 392 g/mol. The van der Waals surface area contributed by atoms with Crippen LogP contribution in [-0.4, -0.2) is 24.0 Å². The Morgan fingerprint density at radius 2 is 1.88 bits per heavy atom. The maximum absolute atomic E-state index is 12.7. The number of hydrogen-bond donors (Lipinski definition) is 2. The molecule has 2 aromatic carbocycles. The molecule has 6 heteroatoms. The van der Waals surface area contributed by atoms with Crippen LogP contribution in [0.5, 0.6) is 11.5 Å². The molecule has 0 spiro atoms. The fraction of sp³-hybridized carbons (Fsp3) is 0.250. The number of phenols is 1. The summed E-state index contributed by atoms with van der Waals surface area (Å²) in [5.74, 6) is 0.542. The molecule has 0 unspecified atom stereocenters. The molecule has 26 heavy (non-hydrogen) atoms. The molecule has 2 aromatic rings. The van der Waals surface area contributed by atoms with Gasteiger partial charge < -0.3 is 14.7 Å². The van der Waals surface area contributed by atoms with Gasteiger partial charge in [-0.2, -0.15) is 0 Å². The van der Waals surface area contributed by atoms with Crippen molar-refractivity contribution in [3.05, 3.63) is 62.8 Å². The van der Waals surface area contributed by atoms with Crippen molar-refractivity contribution in [2.45, 2.75) is 20.4 Å². The van der Waals surface area contributed by atoms with Crippen LogP contribution in [0, 0.1) is 0 Å². The van der Waals surface area contributed by atoms with E-state index in [4.69, 9.17) is 27.9 Å². The molecule has 136 valence electrons. The molecule has 1 heterocycles. The lowest BCUT2D eigenvalue weighted by Gasteiger charge is -2.17. The Morgan fingerprint density at radius 1 is 1.15 bits per heavy atom. The lowest BCUT2D eigenvalue weighted by atomic mass is 10.0. The van der Waals surface area contributed by atoms with Crippen LogP contribution >= 0.6 is 23.2 Å². The summed E-state index contributed by atoms with van der Waals surface area (Å²) in [6.07, 6.45) is 1.60. The summed E-state index contributed by atoms with van der Waals surface area (Å²) >= 11 is 12.1. The highest BCUT2D eigenvalue weighted by Crippen LogP contribution is 2.39. The number of fused-ring (bicyclic) bond motifs is 1. The number of benzene rings is 2. The molecule has 0 aliphatic carbocycles. The Bertz CT molecular complexity index is 889. The zero-order chi connectivity index (χ0) is 18.8. The zero-order valence-electron chi connectivity index (χ0n) is 14.6. The number of rotatable bonds is 5. The van der Waals surface area contributed by atoms with Gasteiger partial charge in [-0.1, -0.05) is 29.3 Å². The molecule has 0 amide bonds. The van der Waals surface area contributed by atoms with E-state index in [2.05, 4.69) is 13.8 Å². The van der Waals surface area contributed by atoms with Gasteiger partial charge in [-0.25, -0.2) is 0 Å². The van der Waals surface area contributed by atoms with Gasteiger partial charge in [-0.15, -0.1) is 0 Å². The van der Waals surface area contributed by atoms with E-state index in [-0.39, 0.29) is 17.3 Å². The average Bonchev–Trinajstić information content (AvgIpc) is 2.93. The summed E-state index contributed by atoms with van der Waals surface area (Å²) < 4.78 is 5.86. The number of nitrogens with one attached hydrogen (secondary N) is 1. The SMILES string of the molecule is CC[NH+](CC)Cc1c(O)ccc2c1O/C(=C\c1ccc(Cl)cc1Cl)C2=O. The van der Waals surface area contributed by atoms with Crippen LogP contribution in [0.15, 0.2) is 36.1 Å². The smallest absolute Gasteiger partial charge is 0.231 e. The number of carbonyl (C=O) groups excluding carboxylic acids is 1. The Labute approximate surface area is 162 Å². The number of allylic oxidation sites excluding steroid dienone is 1. The molecule has 3 rings (SSSR count). The summed E-state index contributed by atoms with van der Waals surface area (Å²) in [7, 11) is 0. The molecule has 1 aliphatic heterocycles. The number of aromatic hydroxyl groups is 1. The topological polar surface area (TPSA) is 51.0 Å². The van der Waals surface area contributed by atoms with Gasteiger partial charge in [0.05, 0.1) is 24.2 Å². The van der Waals surface area contributed by atoms with E-state index in [1.165, 1.54) is 4.90 Å². The van der Waals surface area contributed by atoms with Crippen molar-refractivity contribution in [3.8, 4) is 11.5 Å². The summed E-state index contributed by atoms with van der Waals surface area (Å²) in [6.45, 7) is 6.58. The van der Waals surface area contributed by atoms with Crippen molar-refractivity contribution in [1.29, 1.82) is 0 Å². The van der Waals surface area contributed by atoms with Crippen molar-refractivity contribution in [2.75, 3.05) is 13.1 Å². The van der Waals surface area contributed by atoms with Crippen LogP contribution in [0.25, 0.3) is 6.08 Å². The zero-order valence-corrected chi connectivity index (χ0v) is 16.1. The van der Waals surface area contributed by atoms with Crippen LogP contribution in [-0.2, 0) is 6.54 Å². The molecule has 1 aliphatic rings. The van der Waals surface area contributed by atoms with Crippen molar-refractivity contribution < 1.29 is 19.5 Å². The molecule has 0 bridgehead atoms. The normalized spacial score (nSPS) is 14.8. The van der Waals surface area contributed by atoms with Gasteiger partial charge in [0.25, 0.3) is 0 Å². The quantitative estimate of drug-likeness (QED) is 0.761. The molecule has 0 aromatic heterocycles. The molecular formula is C20H20Cl2NO3+. The second kappa shape index (κ2) is 7.70. The molecular weight excluding hydrogens is 373 g/mol. The Morgan fingerprint density at radius 3 is 2.54 bits per heavy atom. The van der Waals surface area contributed by atoms with Gasteiger partial charge in [0.2, 0.25) is 5.78 Å². The predicted octanol–water partition coefficient (Wildman–Crippen LogP) is 3.74. The van der Waals surface area contributed by atoms with Gasteiger partial charge in [0.1, 0.15) is 12.3 Å². The van der Waals surface area contributed by atoms with Crippen LogP contribution < -0.4 is 9.64 Å². The minimum atomic E-state index is -0.221. The van der Waals surface area contributed by atoms with E-state index in [9.17, 15) is 9.90 Å². The third-order valence-electron chi connectivity index (χ3n) is 4.59. The first kappa shape index (κ1) is 18.8. The average molecular weight is 393 g/mol. The molecule has 0 radical (unpaired) electrons. The highest BCUT2D eigenvalue weighted by atomic mass is 35.5. The summed E-state index contributed by atoms with van der Waals surface area (Å²) in [6, 6.07) is 8.20. The number of phenolic OH excluding ortho intramolecular Hbond substituents is 1. The molecule has 0 atom stereocenters. The van der Waals surface area contributed by atoms with E-state index in [0.717, 1.165) is 13.1 Å². The van der Waals surface area contributed by atoms with Gasteiger partial charge in [0.15, 0.2) is 11.5 Å². The van der Waals surface area contributed by atoms with Crippen LogP contribution in [0.1, 0.15) is 35.3 Å². The number of ether oxygens (including phenoxy) is 1. The molecule has 2 N–H and O–H groups in total. The largest absolute Gasteiger partial charge is 0.507 e. The number of quaternary nitrogens is 1. The second-order valence-corrected chi connectivity index (χ2v) is 7.02. The fourth-order valence-electron chi connectivity index (χ4n) is 2.98. The third-order valence-corrected chi connectivity index (χ3v) is 5.15. The van der Waals surface area contributed by atoms with E-state index in [1.807, 2.05) is 0 Å². The molecule has 0 saturated heterocycles. The summed E-state index contributed by atoms with van der Waals surface area (Å²) in [5.41, 5.74) is 1.76. The van der Waals surface area contributed by atoms with E-state index in [0.29, 0.717) is 39.0 Å². The lowest BCUT2D eigenvalue weighted by molar-refractivity contribution is -0.910. The standard InChI is InChI=1S/C20H19Cl2NO3/c1-3-23(4-2)11-15-17(24)8-7-14-19(25)18(26-20(14)15)9-12-5-6-13(21)10-16(12)22/h5-10,24H,3-4,11H2,1-2H3/p+1/b18-9-. The number of carbonyl (C=O) groups is 1. The predicted molar refractivity (Wildman–Crippen MR) is 103 cm³/mol. The first-order valence-corrected chi connectivity index (χ1v) is 9.27. The Hall–Kier alpha value is -2.01. The van der Waals surface area contributed by atoms with E-state index >= 15 is 0 Å². The lowest BCUT2D eigenvalue weighted by Crippen LogP contribution is -3.10. The Balaban J connectivity index is 1.99. The number of Topliss-reactive ketones (excluding diaryl/α,β-unsaturated/α-hetero) is 1. The first-order chi connectivity index (χ1) is 12.4. The molecule has 0 saturated carbocycles. The van der Waals surface area contributed by atoms with Crippen LogP contribution in [0.4, 0.5) is 0 Å². The number of hydrogen-bond acceptors (Lipinski definition) is 3. The maximum Gasteiger partial charge on any atom is 0.231 e. The van der Waals surface area contributed by atoms with Gasteiger partial charge >= 0.3 is 0 Å². The third kappa shape index (κ3) is 3.58. The van der Waals surface area contributed by atoms with Crippen molar-refractivity contribution in [1.82, 2.24) is 0 Å². The second-order valence-electron chi connectivity index (χ2n) is 6.18. The van der Waals surface area contributed by atoms with Crippen LogP contribution in [0.2, 0.25) is 10.0 Å². The van der Waals surface area contributed by atoms with Crippen LogP contribution in [0.3, 0.4) is 0 Å². The minimum Gasteiger partial charge on any atom is -0.507 e. The van der Waals surface area contributed by atoms with E-state index < -0.39 is 0 Å². The van der Waals surface area contributed by atoms with Gasteiger partial charge in [-0.05, 0) is 49.8 Å². The fourth-order valence-corrected chi connectivity index (χ4v) is 3.44. The Kier molecular flexibility index (Phi) is 5.56. The summed E-state index contributed by atoms with van der Waals surface area (Å²) in [5, 5.41) is 11.3. The highest BCUT2D eigenvalue weighted by Gasteiger charge is 2.32. The highest BCUT2D eigenvalue weighted by molar-refractivity contribution is 6.35. The van der Waals surface area contributed by atoms with Crippen molar-refractivity contribution in [2.24, 2.45) is 0 Å². The number of ketones is 1. The molecule has 0 fully saturated rings.